The number of carbonyl (C=O) groups excluding carboxylic acids is 2. The van der Waals surface area contributed by atoms with Crippen molar-refractivity contribution in [1.82, 2.24) is 10.2 Å². The number of rotatable bonds is 3. The van der Waals surface area contributed by atoms with Gasteiger partial charge in [-0.25, -0.2) is 0 Å². The molecule has 0 unspecified atom stereocenters. The Morgan fingerprint density at radius 2 is 1.93 bits per heavy atom. The van der Waals surface area contributed by atoms with E-state index >= 15 is 0 Å². The molecule has 7 nitrogen and oxygen atoms in total. The van der Waals surface area contributed by atoms with E-state index in [1.165, 1.54) is 6.26 Å². The molecule has 1 N–H and O–H groups in total. The lowest BCUT2D eigenvalue weighted by Crippen LogP contribution is -2.46. The standard InChI is InChI=1S/C20H21ClN2O5/c21-15-11-13(12-17-18(15)28-10-2-9-27-17)19(24)22-14-4-6-23(7-5-14)20(25)16-3-1-8-26-16/h1,3,8,11-12,14H,2,4-7,9-10H2,(H,22,24). The predicted molar refractivity (Wildman–Crippen MR) is 102 cm³/mol. The van der Waals surface area contributed by atoms with Crippen molar-refractivity contribution in [1.29, 1.82) is 0 Å². The summed E-state index contributed by atoms with van der Waals surface area (Å²) in [5.74, 6) is 0.983. The highest BCUT2D eigenvalue weighted by Crippen LogP contribution is 2.38. The van der Waals surface area contributed by atoms with Gasteiger partial charge >= 0.3 is 0 Å². The highest BCUT2D eigenvalue weighted by molar-refractivity contribution is 6.32. The number of fused-ring (bicyclic) bond motifs is 1. The number of amides is 2. The maximum Gasteiger partial charge on any atom is 0.289 e. The van der Waals surface area contributed by atoms with Crippen LogP contribution in [0, 0.1) is 0 Å². The number of ether oxygens (including phenoxy) is 2. The van der Waals surface area contributed by atoms with Crippen LogP contribution in [0.2, 0.25) is 5.02 Å². The van der Waals surface area contributed by atoms with Crippen molar-refractivity contribution in [3.05, 3.63) is 46.9 Å². The van der Waals surface area contributed by atoms with E-state index in [9.17, 15) is 9.59 Å². The summed E-state index contributed by atoms with van der Waals surface area (Å²) in [6.45, 7) is 2.18. The van der Waals surface area contributed by atoms with E-state index in [1.54, 1.807) is 29.2 Å². The van der Waals surface area contributed by atoms with Gasteiger partial charge in [-0.2, -0.15) is 0 Å². The average Bonchev–Trinajstić information content (AvgIpc) is 3.13. The van der Waals surface area contributed by atoms with Gasteiger partial charge < -0.3 is 24.1 Å². The third-order valence-electron chi connectivity index (χ3n) is 4.91. The highest BCUT2D eigenvalue weighted by Gasteiger charge is 2.26. The van der Waals surface area contributed by atoms with Crippen molar-refractivity contribution in [2.45, 2.75) is 25.3 Å². The summed E-state index contributed by atoms with van der Waals surface area (Å²) in [5.41, 5.74) is 0.434. The summed E-state index contributed by atoms with van der Waals surface area (Å²) in [6.07, 6.45) is 3.61. The minimum atomic E-state index is -0.214. The van der Waals surface area contributed by atoms with Crippen LogP contribution in [0.4, 0.5) is 0 Å². The zero-order valence-electron chi connectivity index (χ0n) is 15.3. The lowest BCUT2D eigenvalue weighted by molar-refractivity contribution is 0.0667. The Hall–Kier alpha value is -2.67. The maximum atomic E-state index is 12.7. The molecule has 0 bridgehead atoms. The second kappa shape index (κ2) is 8.14. The summed E-state index contributed by atoms with van der Waals surface area (Å²) in [7, 11) is 0. The molecule has 2 aliphatic rings. The van der Waals surface area contributed by atoms with E-state index in [-0.39, 0.29) is 17.9 Å². The van der Waals surface area contributed by atoms with E-state index < -0.39 is 0 Å². The SMILES string of the molecule is O=C(NC1CCN(C(=O)c2ccco2)CC1)c1cc(Cl)c2c(c1)OCCCO2. The molecule has 8 heteroatoms. The molecule has 2 aliphatic heterocycles. The number of likely N-dealkylation sites (tertiary alicyclic amines) is 1. The van der Waals surface area contributed by atoms with Crippen LogP contribution >= 0.6 is 11.6 Å². The number of nitrogens with zero attached hydrogens (tertiary/aromatic N) is 1. The van der Waals surface area contributed by atoms with E-state index in [4.69, 9.17) is 25.5 Å². The van der Waals surface area contributed by atoms with Gasteiger partial charge in [-0.15, -0.1) is 0 Å². The van der Waals surface area contributed by atoms with Crippen LogP contribution in [-0.2, 0) is 0 Å². The van der Waals surface area contributed by atoms with E-state index in [2.05, 4.69) is 5.32 Å². The number of piperidine rings is 1. The fourth-order valence-electron chi connectivity index (χ4n) is 3.41. The average molecular weight is 405 g/mol. The van der Waals surface area contributed by atoms with Crippen LogP contribution in [0.5, 0.6) is 11.5 Å². The zero-order chi connectivity index (χ0) is 19.5. The molecule has 0 spiro atoms. The summed E-state index contributed by atoms with van der Waals surface area (Å²) in [6, 6.07) is 6.60. The number of benzene rings is 1. The first-order valence-electron chi connectivity index (χ1n) is 9.34. The number of hydrogen-bond acceptors (Lipinski definition) is 5. The van der Waals surface area contributed by atoms with Crippen LogP contribution in [0.25, 0.3) is 0 Å². The van der Waals surface area contributed by atoms with Crippen molar-refractivity contribution in [3.63, 3.8) is 0 Å². The fraction of sp³-hybridized carbons (Fsp3) is 0.400. The molecule has 1 aromatic heterocycles. The highest BCUT2D eigenvalue weighted by atomic mass is 35.5. The monoisotopic (exact) mass is 404 g/mol. The smallest absolute Gasteiger partial charge is 0.289 e. The van der Waals surface area contributed by atoms with Crippen molar-refractivity contribution in [3.8, 4) is 11.5 Å². The number of carbonyl (C=O) groups is 2. The van der Waals surface area contributed by atoms with Gasteiger partial charge in [-0.05, 0) is 37.1 Å². The van der Waals surface area contributed by atoms with Crippen molar-refractivity contribution >= 4 is 23.4 Å². The van der Waals surface area contributed by atoms with E-state index in [1.807, 2.05) is 0 Å². The maximum absolute atomic E-state index is 12.7. The first-order chi connectivity index (χ1) is 13.6. The van der Waals surface area contributed by atoms with Crippen LogP contribution in [-0.4, -0.2) is 49.1 Å². The molecule has 0 radical (unpaired) electrons. The molecule has 1 saturated heterocycles. The molecule has 2 amide bonds. The van der Waals surface area contributed by atoms with Crippen molar-refractivity contribution in [2.24, 2.45) is 0 Å². The molecule has 3 heterocycles. The Morgan fingerprint density at radius 3 is 2.68 bits per heavy atom. The summed E-state index contributed by atoms with van der Waals surface area (Å²) in [4.78, 5) is 26.7. The van der Waals surface area contributed by atoms with Crippen LogP contribution in [0.15, 0.2) is 34.9 Å². The minimum Gasteiger partial charge on any atom is -0.489 e. The zero-order valence-corrected chi connectivity index (χ0v) is 16.0. The van der Waals surface area contributed by atoms with E-state index in [0.29, 0.717) is 67.0 Å². The number of halogens is 1. The Bertz CT molecular complexity index is 860. The Balaban J connectivity index is 1.37. The van der Waals surface area contributed by atoms with E-state index in [0.717, 1.165) is 6.42 Å². The molecule has 4 rings (SSSR count). The second-order valence-corrected chi connectivity index (χ2v) is 7.26. The van der Waals surface area contributed by atoms with Crippen molar-refractivity contribution in [2.75, 3.05) is 26.3 Å². The number of hydrogen-bond donors (Lipinski definition) is 1. The van der Waals surface area contributed by atoms with Gasteiger partial charge in [0.05, 0.1) is 24.5 Å². The Morgan fingerprint density at radius 1 is 1.14 bits per heavy atom. The molecule has 1 fully saturated rings. The molecule has 148 valence electrons. The largest absolute Gasteiger partial charge is 0.489 e. The first-order valence-corrected chi connectivity index (χ1v) is 9.72. The first kappa shape index (κ1) is 18.7. The van der Waals surface area contributed by atoms with Crippen LogP contribution in [0.3, 0.4) is 0 Å². The lowest BCUT2D eigenvalue weighted by atomic mass is 10.0. The second-order valence-electron chi connectivity index (χ2n) is 6.85. The van der Waals surface area contributed by atoms with Gasteiger partial charge in [0, 0.05) is 31.1 Å². The minimum absolute atomic E-state index is 0.0112. The molecule has 2 aromatic rings. The third kappa shape index (κ3) is 3.94. The van der Waals surface area contributed by atoms with Gasteiger partial charge in [0.2, 0.25) is 0 Å². The molecule has 0 atom stereocenters. The molecule has 0 saturated carbocycles. The molecular weight excluding hydrogens is 384 g/mol. The molecule has 28 heavy (non-hydrogen) atoms. The lowest BCUT2D eigenvalue weighted by Gasteiger charge is -2.32. The Labute approximate surface area is 167 Å². The Kier molecular flexibility index (Phi) is 5.43. The molecular formula is C20H21ClN2O5. The fourth-order valence-corrected chi connectivity index (χ4v) is 3.68. The predicted octanol–water partition coefficient (Wildman–Crippen LogP) is 3.13. The van der Waals surface area contributed by atoms with Gasteiger partial charge in [0.1, 0.15) is 0 Å². The molecule has 0 aliphatic carbocycles. The normalized spacial score (nSPS) is 17.1. The van der Waals surface area contributed by atoms with Crippen LogP contribution < -0.4 is 14.8 Å². The van der Waals surface area contributed by atoms with Crippen molar-refractivity contribution < 1.29 is 23.5 Å². The summed E-state index contributed by atoms with van der Waals surface area (Å²) in [5, 5.41) is 3.39. The quantitative estimate of drug-likeness (QED) is 0.850. The number of furan rings is 1. The van der Waals surface area contributed by atoms with Gasteiger partial charge in [-0.3, -0.25) is 9.59 Å². The van der Waals surface area contributed by atoms with Gasteiger partial charge in [0.25, 0.3) is 11.8 Å². The number of nitrogens with one attached hydrogen (secondary N) is 1. The topological polar surface area (TPSA) is 81.0 Å². The molecule has 1 aromatic carbocycles. The third-order valence-corrected chi connectivity index (χ3v) is 5.19. The van der Waals surface area contributed by atoms with Gasteiger partial charge in [-0.1, -0.05) is 11.6 Å². The van der Waals surface area contributed by atoms with Gasteiger partial charge in [0.15, 0.2) is 17.3 Å². The van der Waals surface area contributed by atoms with Crippen LogP contribution in [0.1, 0.15) is 40.2 Å². The summed E-state index contributed by atoms with van der Waals surface area (Å²) < 4.78 is 16.4. The summed E-state index contributed by atoms with van der Waals surface area (Å²) >= 11 is 6.27.